The third-order valence-corrected chi connectivity index (χ3v) is 5.30. The van der Waals surface area contributed by atoms with Gasteiger partial charge in [-0.25, -0.2) is 4.99 Å². The molecular weight excluding hydrogens is 390 g/mol. The largest absolute Gasteiger partial charge is 0.497 e. The van der Waals surface area contributed by atoms with Crippen molar-refractivity contribution in [1.82, 2.24) is 15.5 Å². The molecule has 7 nitrogen and oxygen atoms in total. The smallest absolute Gasteiger partial charge is 0.251 e. The van der Waals surface area contributed by atoms with Crippen LogP contribution < -0.4 is 20.3 Å². The first kappa shape index (κ1) is 22.5. The molecule has 2 aromatic rings. The second-order valence-corrected chi connectivity index (χ2v) is 7.40. The Balaban J connectivity index is 1.60. The average Bonchev–Trinajstić information content (AvgIpc) is 2.82. The van der Waals surface area contributed by atoms with Crippen LogP contribution in [0.5, 0.6) is 5.75 Å². The molecule has 1 saturated heterocycles. The van der Waals surface area contributed by atoms with Crippen molar-refractivity contribution >= 4 is 17.6 Å². The molecule has 2 N–H and O–H groups in total. The van der Waals surface area contributed by atoms with Crippen LogP contribution in [-0.2, 0) is 6.54 Å². The summed E-state index contributed by atoms with van der Waals surface area (Å²) >= 11 is 0. The average molecular weight is 424 g/mol. The lowest BCUT2D eigenvalue weighted by molar-refractivity contribution is 0.0956. The molecule has 2 aromatic carbocycles. The summed E-state index contributed by atoms with van der Waals surface area (Å²) in [5, 5.41) is 6.23. The Morgan fingerprint density at radius 1 is 1.00 bits per heavy atom. The van der Waals surface area contributed by atoms with Crippen molar-refractivity contribution in [2.24, 2.45) is 4.99 Å². The van der Waals surface area contributed by atoms with Gasteiger partial charge >= 0.3 is 0 Å². The second kappa shape index (κ2) is 11.2. The summed E-state index contributed by atoms with van der Waals surface area (Å²) in [5.41, 5.74) is 2.95. The summed E-state index contributed by atoms with van der Waals surface area (Å²) in [6.07, 6.45) is 0. The molecular formula is C24H33N5O2. The number of methoxy groups -OCH3 is 1. The number of hydrogen-bond donors (Lipinski definition) is 2. The third-order valence-electron chi connectivity index (χ3n) is 5.30. The van der Waals surface area contributed by atoms with Crippen molar-refractivity contribution in [1.29, 1.82) is 0 Å². The number of anilines is 1. The molecule has 31 heavy (non-hydrogen) atoms. The van der Waals surface area contributed by atoms with E-state index in [-0.39, 0.29) is 5.91 Å². The van der Waals surface area contributed by atoms with Crippen molar-refractivity contribution < 1.29 is 9.53 Å². The van der Waals surface area contributed by atoms with Gasteiger partial charge in [-0.05, 0) is 43.7 Å². The number of ether oxygens (including phenoxy) is 1. The van der Waals surface area contributed by atoms with Crippen LogP contribution in [0.15, 0.2) is 53.5 Å². The molecule has 0 aliphatic carbocycles. The van der Waals surface area contributed by atoms with Crippen LogP contribution in [0, 0.1) is 0 Å². The van der Waals surface area contributed by atoms with Crippen molar-refractivity contribution in [2.45, 2.75) is 20.4 Å². The van der Waals surface area contributed by atoms with Gasteiger partial charge in [-0.15, -0.1) is 0 Å². The quantitative estimate of drug-likeness (QED) is 0.529. The van der Waals surface area contributed by atoms with Gasteiger partial charge in [0.15, 0.2) is 5.96 Å². The molecule has 1 amide bonds. The van der Waals surface area contributed by atoms with E-state index in [1.165, 1.54) is 5.69 Å². The summed E-state index contributed by atoms with van der Waals surface area (Å²) < 4.78 is 5.36. The molecule has 0 bridgehead atoms. The highest BCUT2D eigenvalue weighted by Gasteiger charge is 2.20. The Labute approximate surface area is 185 Å². The fourth-order valence-electron chi connectivity index (χ4n) is 3.60. The van der Waals surface area contributed by atoms with E-state index in [0.29, 0.717) is 18.7 Å². The van der Waals surface area contributed by atoms with Gasteiger partial charge in [-0.1, -0.05) is 18.2 Å². The van der Waals surface area contributed by atoms with Gasteiger partial charge in [0.25, 0.3) is 5.91 Å². The predicted molar refractivity (Wildman–Crippen MR) is 126 cm³/mol. The fourth-order valence-corrected chi connectivity index (χ4v) is 3.60. The Morgan fingerprint density at radius 2 is 1.71 bits per heavy atom. The standard InChI is InChI=1S/C24H33N5O2/c1-4-25-23(30)20-11-9-19(10-12-20)18-27-24(26-5-2)29-15-13-28(14-16-29)21-7-6-8-22(17-21)31-3/h6-12,17H,4-5,13-16,18H2,1-3H3,(H,25,30)(H,26,27). The number of carbonyl (C=O) groups excluding carboxylic acids is 1. The van der Waals surface area contributed by atoms with Crippen molar-refractivity contribution in [3.63, 3.8) is 0 Å². The van der Waals surface area contributed by atoms with Gasteiger partial charge < -0.3 is 25.2 Å². The molecule has 1 aliphatic rings. The lowest BCUT2D eigenvalue weighted by atomic mass is 10.1. The van der Waals surface area contributed by atoms with Gasteiger partial charge in [-0.3, -0.25) is 4.79 Å². The molecule has 0 atom stereocenters. The zero-order valence-corrected chi connectivity index (χ0v) is 18.7. The Bertz CT molecular complexity index is 874. The molecule has 3 rings (SSSR count). The number of benzene rings is 2. The highest BCUT2D eigenvalue weighted by molar-refractivity contribution is 5.94. The predicted octanol–water partition coefficient (Wildman–Crippen LogP) is 2.73. The molecule has 0 saturated carbocycles. The molecule has 0 unspecified atom stereocenters. The van der Waals surface area contributed by atoms with E-state index < -0.39 is 0 Å². The third kappa shape index (κ3) is 6.13. The van der Waals surface area contributed by atoms with Gasteiger partial charge in [0.2, 0.25) is 0 Å². The minimum atomic E-state index is -0.0419. The van der Waals surface area contributed by atoms with E-state index in [2.05, 4.69) is 39.5 Å². The molecule has 166 valence electrons. The van der Waals surface area contributed by atoms with Crippen molar-refractivity contribution in [3.8, 4) is 5.75 Å². The normalized spacial score (nSPS) is 14.4. The van der Waals surface area contributed by atoms with Crippen molar-refractivity contribution in [2.75, 3.05) is 51.3 Å². The minimum absolute atomic E-state index is 0.0419. The highest BCUT2D eigenvalue weighted by atomic mass is 16.5. The number of carbonyl (C=O) groups is 1. The first-order chi connectivity index (χ1) is 15.1. The molecule has 7 heteroatoms. The molecule has 0 radical (unpaired) electrons. The molecule has 0 spiro atoms. The lowest BCUT2D eigenvalue weighted by Gasteiger charge is -2.37. The first-order valence-electron chi connectivity index (χ1n) is 10.9. The molecule has 0 aromatic heterocycles. The molecule has 1 aliphatic heterocycles. The minimum Gasteiger partial charge on any atom is -0.497 e. The zero-order chi connectivity index (χ0) is 22.1. The number of guanidine groups is 1. The summed E-state index contributed by atoms with van der Waals surface area (Å²) in [6, 6.07) is 15.9. The maximum Gasteiger partial charge on any atom is 0.251 e. The molecule has 1 heterocycles. The van der Waals surface area contributed by atoms with E-state index in [9.17, 15) is 4.79 Å². The van der Waals surface area contributed by atoms with E-state index >= 15 is 0 Å². The SMILES string of the molecule is CCNC(=O)c1ccc(CN=C(NCC)N2CCN(c3cccc(OC)c3)CC2)cc1. The summed E-state index contributed by atoms with van der Waals surface area (Å²) in [6.45, 7) is 9.69. The van der Waals surface area contributed by atoms with E-state index in [1.807, 2.05) is 43.3 Å². The van der Waals surface area contributed by atoms with Gasteiger partial charge in [0.05, 0.1) is 13.7 Å². The first-order valence-corrected chi connectivity index (χ1v) is 10.9. The number of nitrogens with one attached hydrogen (secondary N) is 2. The van der Waals surface area contributed by atoms with Crippen LogP contribution in [-0.4, -0.2) is 63.1 Å². The number of rotatable bonds is 7. The van der Waals surface area contributed by atoms with Crippen LogP contribution in [0.3, 0.4) is 0 Å². The van der Waals surface area contributed by atoms with E-state index in [0.717, 1.165) is 50.0 Å². The van der Waals surface area contributed by atoms with Crippen LogP contribution in [0.1, 0.15) is 29.8 Å². The maximum atomic E-state index is 11.9. The van der Waals surface area contributed by atoms with Crippen LogP contribution in [0.4, 0.5) is 5.69 Å². The highest BCUT2D eigenvalue weighted by Crippen LogP contribution is 2.22. The lowest BCUT2D eigenvalue weighted by Crippen LogP contribution is -2.52. The number of piperazine rings is 1. The summed E-state index contributed by atoms with van der Waals surface area (Å²) in [5.74, 6) is 1.77. The van der Waals surface area contributed by atoms with Gasteiger partial charge in [-0.2, -0.15) is 0 Å². The van der Waals surface area contributed by atoms with Crippen LogP contribution in [0.25, 0.3) is 0 Å². The number of nitrogens with zero attached hydrogens (tertiary/aromatic N) is 3. The number of hydrogen-bond acceptors (Lipinski definition) is 4. The topological polar surface area (TPSA) is 69.2 Å². The number of aliphatic imine (C=N–C) groups is 1. The Morgan fingerprint density at radius 3 is 2.35 bits per heavy atom. The summed E-state index contributed by atoms with van der Waals surface area (Å²) in [7, 11) is 1.70. The van der Waals surface area contributed by atoms with Gasteiger partial charge in [0, 0.05) is 56.6 Å². The van der Waals surface area contributed by atoms with Gasteiger partial charge in [0.1, 0.15) is 5.75 Å². The van der Waals surface area contributed by atoms with E-state index in [1.54, 1.807) is 7.11 Å². The maximum absolute atomic E-state index is 11.9. The van der Waals surface area contributed by atoms with Crippen molar-refractivity contribution in [3.05, 3.63) is 59.7 Å². The number of amides is 1. The second-order valence-electron chi connectivity index (χ2n) is 7.40. The molecule has 1 fully saturated rings. The Kier molecular flexibility index (Phi) is 8.15. The monoisotopic (exact) mass is 423 g/mol. The van der Waals surface area contributed by atoms with Crippen LogP contribution in [0.2, 0.25) is 0 Å². The van der Waals surface area contributed by atoms with E-state index in [4.69, 9.17) is 9.73 Å². The summed E-state index contributed by atoms with van der Waals surface area (Å²) in [4.78, 5) is 21.4. The van der Waals surface area contributed by atoms with Crippen LogP contribution >= 0.6 is 0 Å². The zero-order valence-electron chi connectivity index (χ0n) is 18.7. The Hall–Kier alpha value is -3.22. The fraction of sp³-hybridized carbons (Fsp3) is 0.417.